The molecule has 1 saturated heterocycles. The van der Waals surface area contributed by atoms with E-state index in [0.29, 0.717) is 32.5 Å². The molecule has 1 aromatic rings. The molecule has 2 rings (SSSR count). The van der Waals surface area contributed by atoms with E-state index in [1.54, 1.807) is 11.8 Å². The van der Waals surface area contributed by atoms with Gasteiger partial charge in [-0.05, 0) is 18.9 Å². The van der Waals surface area contributed by atoms with E-state index >= 15 is 0 Å². The molecule has 0 aromatic heterocycles. The lowest BCUT2D eigenvalue weighted by molar-refractivity contribution is -0.152. The zero-order valence-corrected chi connectivity index (χ0v) is 11.2. The molecular formula is C15H19NO3. The predicted octanol–water partition coefficient (Wildman–Crippen LogP) is 1.99. The second kappa shape index (κ2) is 6.36. The smallest absolute Gasteiger partial charge is 0.310 e. The van der Waals surface area contributed by atoms with Crippen molar-refractivity contribution in [3.63, 3.8) is 0 Å². The largest absolute Gasteiger partial charge is 0.466 e. The molecule has 0 saturated carbocycles. The van der Waals surface area contributed by atoms with Gasteiger partial charge in [0.1, 0.15) is 0 Å². The highest BCUT2D eigenvalue weighted by molar-refractivity contribution is 5.81. The first-order valence-corrected chi connectivity index (χ1v) is 6.69. The highest BCUT2D eigenvalue weighted by Crippen LogP contribution is 2.20. The number of likely N-dealkylation sites (tertiary alicyclic amines) is 1. The molecule has 1 aromatic carbocycles. The summed E-state index contributed by atoms with van der Waals surface area (Å²) >= 11 is 0. The summed E-state index contributed by atoms with van der Waals surface area (Å²) in [5.41, 5.74) is 1.08. The highest BCUT2D eigenvalue weighted by Gasteiger charge is 2.30. The minimum Gasteiger partial charge on any atom is -0.466 e. The maximum Gasteiger partial charge on any atom is 0.310 e. The molecule has 1 heterocycles. The lowest BCUT2D eigenvalue weighted by atomic mass is 9.97. The van der Waals surface area contributed by atoms with Crippen LogP contribution in [-0.4, -0.2) is 29.9 Å². The number of ether oxygens (including phenoxy) is 1. The van der Waals surface area contributed by atoms with Gasteiger partial charge in [0.2, 0.25) is 5.91 Å². The number of hydrogen-bond acceptors (Lipinski definition) is 3. The van der Waals surface area contributed by atoms with E-state index in [4.69, 9.17) is 4.74 Å². The lowest BCUT2D eigenvalue weighted by Crippen LogP contribution is -2.42. The van der Waals surface area contributed by atoms with E-state index in [1.807, 2.05) is 30.3 Å². The Balaban J connectivity index is 1.99. The normalized spacial score (nSPS) is 19.3. The monoisotopic (exact) mass is 261 g/mol. The minimum absolute atomic E-state index is 0.115. The SMILES string of the molecule is CCOC(=O)[C@@H]1CCC(=O)N(Cc2ccccc2)C1. The number of hydrogen-bond donors (Lipinski definition) is 0. The van der Waals surface area contributed by atoms with Gasteiger partial charge in [0.05, 0.1) is 12.5 Å². The molecule has 1 fully saturated rings. The summed E-state index contributed by atoms with van der Waals surface area (Å²) in [6.45, 7) is 3.22. The number of amides is 1. The van der Waals surface area contributed by atoms with Gasteiger partial charge in [0.15, 0.2) is 0 Å². The van der Waals surface area contributed by atoms with Crippen molar-refractivity contribution in [2.75, 3.05) is 13.2 Å². The summed E-state index contributed by atoms with van der Waals surface area (Å²) in [6, 6.07) is 9.82. The molecule has 1 atom stereocenters. The maximum absolute atomic E-state index is 11.9. The van der Waals surface area contributed by atoms with Crippen molar-refractivity contribution >= 4 is 11.9 Å². The molecule has 1 aliphatic rings. The van der Waals surface area contributed by atoms with Gasteiger partial charge in [-0.25, -0.2) is 0 Å². The molecule has 0 unspecified atom stereocenters. The molecule has 1 aliphatic heterocycles. The van der Waals surface area contributed by atoms with E-state index in [9.17, 15) is 9.59 Å². The Morgan fingerprint density at radius 3 is 2.79 bits per heavy atom. The zero-order valence-electron chi connectivity index (χ0n) is 11.2. The third-order valence-electron chi connectivity index (χ3n) is 3.34. The van der Waals surface area contributed by atoms with Gasteiger partial charge in [0, 0.05) is 19.5 Å². The maximum atomic E-state index is 11.9. The fraction of sp³-hybridized carbons (Fsp3) is 0.467. The Morgan fingerprint density at radius 2 is 2.11 bits per heavy atom. The average molecular weight is 261 g/mol. The van der Waals surface area contributed by atoms with Crippen LogP contribution in [0.15, 0.2) is 30.3 Å². The molecule has 0 aliphatic carbocycles. The third-order valence-corrected chi connectivity index (χ3v) is 3.34. The number of carbonyl (C=O) groups excluding carboxylic acids is 2. The number of piperidine rings is 1. The fourth-order valence-corrected chi connectivity index (χ4v) is 2.32. The number of benzene rings is 1. The van der Waals surface area contributed by atoms with Crippen LogP contribution in [0.2, 0.25) is 0 Å². The fourth-order valence-electron chi connectivity index (χ4n) is 2.32. The van der Waals surface area contributed by atoms with Gasteiger partial charge in [-0.1, -0.05) is 30.3 Å². The van der Waals surface area contributed by atoms with Crippen LogP contribution in [0.25, 0.3) is 0 Å². The van der Waals surface area contributed by atoms with Crippen LogP contribution in [0.1, 0.15) is 25.3 Å². The van der Waals surface area contributed by atoms with E-state index in [1.165, 1.54) is 0 Å². The van der Waals surface area contributed by atoms with Gasteiger partial charge >= 0.3 is 5.97 Å². The minimum atomic E-state index is -0.187. The zero-order chi connectivity index (χ0) is 13.7. The van der Waals surface area contributed by atoms with Crippen LogP contribution in [0, 0.1) is 5.92 Å². The molecule has 0 N–H and O–H groups in total. The van der Waals surface area contributed by atoms with Crippen molar-refractivity contribution in [2.24, 2.45) is 5.92 Å². The van der Waals surface area contributed by atoms with Crippen LogP contribution in [-0.2, 0) is 20.9 Å². The molecule has 102 valence electrons. The summed E-state index contributed by atoms with van der Waals surface area (Å²) in [5, 5.41) is 0. The Morgan fingerprint density at radius 1 is 1.37 bits per heavy atom. The summed E-state index contributed by atoms with van der Waals surface area (Å²) < 4.78 is 5.04. The van der Waals surface area contributed by atoms with E-state index < -0.39 is 0 Å². The third kappa shape index (κ3) is 3.56. The number of carbonyl (C=O) groups is 2. The Bertz CT molecular complexity index is 444. The topological polar surface area (TPSA) is 46.6 Å². The van der Waals surface area contributed by atoms with Crippen LogP contribution in [0.3, 0.4) is 0 Å². The Hall–Kier alpha value is -1.84. The van der Waals surface area contributed by atoms with Crippen molar-refractivity contribution in [2.45, 2.75) is 26.3 Å². The Kier molecular flexibility index (Phi) is 4.55. The second-order valence-corrected chi connectivity index (χ2v) is 4.75. The quantitative estimate of drug-likeness (QED) is 0.779. The number of nitrogens with zero attached hydrogens (tertiary/aromatic N) is 1. The van der Waals surface area contributed by atoms with Crippen molar-refractivity contribution < 1.29 is 14.3 Å². The molecular weight excluding hydrogens is 242 g/mol. The highest BCUT2D eigenvalue weighted by atomic mass is 16.5. The molecule has 4 heteroatoms. The average Bonchev–Trinajstić information content (AvgIpc) is 2.42. The van der Waals surface area contributed by atoms with Crippen molar-refractivity contribution in [1.29, 1.82) is 0 Å². The molecule has 1 amide bonds. The second-order valence-electron chi connectivity index (χ2n) is 4.75. The first-order chi connectivity index (χ1) is 9.20. The molecule has 0 radical (unpaired) electrons. The van der Waals surface area contributed by atoms with Gasteiger partial charge in [-0.15, -0.1) is 0 Å². The first-order valence-electron chi connectivity index (χ1n) is 6.69. The van der Waals surface area contributed by atoms with Crippen molar-refractivity contribution in [1.82, 2.24) is 4.90 Å². The van der Waals surface area contributed by atoms with Crippen LogP contribution >= 0.6 is 0 Å². The molecule has 0 spiro atoms. The van der Waals surface area contributed by atoms with E-state index in [2.05, 4.69) is 0 Å². The molecule has 19 heavy (non-hydrogen) atoms. The van der Waals surface area contributed by atoms with Gasteiger partial charge in [0.25, 0.3) is 0 Å². The van der Waals surface area contributed by atoms with Crippen molar-refractivity contribution in [3.05, 3.63) is 35.9 Å². The summed E-state index contributed by atoms with van der Waals surface area (Å²) in [5.74, 6) is -0.251. The summed E-state index contributed by atoms with van der Waals surface area (Å²) in [4.78, 5) is 25.4. The summed E-state index contributed by atoms with van der Waals surface area (Å²) in [7, 11) is 0. The standard InChI is InChI=1S/C15H19NO3/c1-2-19-15(18)13-8-9-14(17)16(11-13)10-12-6-4-3-5-7-12/h3-7,13H,2,8-11H2,1H3/t13-/m1/s1. The summed E-state index contributed by atoms with van der Waals surface area (Å²) in [6.07, 6.45) is 1.03. The number of rotatable bonds is 4. The number of esters is 1. The van der Waals surface area contributed by atoms with Crippen LogP contribution in [0.5, 0.6) is 0 Å². The van der Waals surface area contributed by atoms with Gasteiger partial charge in [-0.3, -0.25) is 9.59 Å². The van der Waals surface area contributed by atoms with Gasteiger partial charge in [-0.2, -0.15) is 0 Å². The Labute approximate surface area is 113 Å². The lowest BCUT2D eigenvalue weighted by Gasteiger charge is -2.31. The van der Waals surface area contributed by atoms with Crippen molar-refractivity contribution in [3.8, 4) is 0 Å². The van der Waals surface area contributed by atoms with E-state index in [0.717, 1.165) is 5.56 Å². The van der Waals surface area contributed by atoms with E-state index in [-0.39, 0.29) is 17.8 Å². The first kappa shape index (κ1) is 13.6. The van der Waals surface area contributed by atoms with Gasteiger partial charge < -0.3 is 9.64 Å². The molecule has 0 bridgehead atoms. The predicted molar refractivity (Wildman–Crippen MR) is 71.2 cm³/mol. The molecule has 4 nitrogen and oxygen atoms in total. The van der Waals surface area contributed by atoms with Crippen LogP contribution < -0.4 is 0 Å². The van der Waals surface area contributed by atoms with Crippen LogP contribution in [0.4, 0.5) is 0 Å².